The van der Waals surface area contributed by atoms with Crippen molar-refractivity contribution in [2.45, 2.75) is 44.7 Å². The molecular formula is C13H22N2O3. The van der Waals surface area contributed by atoms with Crippen LogP contribution in [0.4, 0.5) is 0 Å². The zero-order valence-corrected chi connectivity index (χ0v) is 10.9. The Morgan fingerprint density at radius 3 is 2.61 bits per heavy atom. The Bertz CT molecular complexity index is 311. The van der Waals surface area contributed by atoms with Gasteiger partial charge in [0, 0.05) is 12.6 Å². The summed E-state index contributed by atoms with van der Waals surface area (Å²) in [5.74, 6) is -1.02. The molecule has 1 amide bonds. The lowest BCUT2D eigenvalue weighted by Crippen LogP contribution is -2.50. The van der Waals surface area contributed by atoms with Gasteiger partial charge >= 0.3 is 5.97 Å². The summed E-state index contributed by atoms with van der Waals surface area (Å²) >= 11 is 0. The number of nitrogens with one attached hydrogen (secondary N) is 1. The van der Waals surface area contributed by atoms with Gasteiger partial charge in [0.25, 0.3) is 0 Å². The van der Waals surface area contributed by atoms with Crippen LogP contribution in [0.15, 0.2) is 12.7 Å². The smallest absolute Gasteiger partial charge is 0.317 e. The maximum atomic E-state index is 11.9. The van der Waals surface area contributed by atoms with E-state index in [-0.39, 0.29) is 18.5 Å². The van der Waals surface area contributed by atoms with E-state index in [0.29, 0.717) is 6.54 Å². The molecule has 0 aliphatic heterocycles. The summed E-state index contributed by atoms with van der Waals surface area (Å²) in [6.07, 6.45) is 5.80. The average Bonchev–Trinajstić information content (AvgIpc) is 2.85. The number of carbonyl (C=O) groups is 2. The summed E-state index contributed by atoms with van der Waals surface area (Å²) in [6.45, 7) is 5.64. The predicted octanol–water partition coefficient (Wildman–Crippen LogP) is 1.01. The van der Waals surface area contributed by atoms with E-state index in [2.05, 4.69) is 11.9 Å². The van der Waals surface area contributed by atoms with E-state index in [9.17, 15) is 9.59 Å². The second kappa shape index (κ2) is 7.16. The molecule has 1 aliphatic rings. The summed E-state index contributed by atoms with van der Waals surface area (Å²) in [5.41, 5.74) is 0. The van der Waals surface area contributed by atoms with Crippen LogP contribution in [0.3, 0.4) is 0 Å². The molecule has 0 aromatic rings. The first-order valence-corrected chi connectivity index (χ1v) is 6.42. The molecule has 5 nitrogen and oxygen atoms in total. The third-order valence-electron chi connectivity index (χ3n) is 3.41. The molecule has 0 radical (unpaired) electrons. The lowest BCUT2D eigenvalue weighted by atomic mass is 10.1. The first-order valence-electron chi connectivity index (χ1n) is 6.42. The highest BCUT2D eigenvalue weighted by Crippen LogP contribution is 2.24. The summed E-state index contributed by atoms with van der Waals surface area (Å²) in [7, 11) is 0. The van der Waals surface area contributed by atoms with Gasteiger partial charge in [0.1, 0.15) is 0 Å². The Balaban J connectivity index is 2.64. The van der Waals surface area contributed by atoms with Gasteiger partial charge in [-0.05, 0) is 19.8 Å². The Hall–Kier alpha value is -1.36. The van der Waals surface area contributed by atoms with Crippen LogP contribution in [0.1, 0.15) is 32.6 Å². The fraction of sp³-hybridized carbons (Fsp3) is 0.692. The maximum Gasteiger partial charge on any atom is 0.317 e. The molecule has 1 saturated carbocycles. The van der Waals surface area contributed by atoms with Crippen LogP contribution in [0, 0.1) is 0 Å². The topological polar surface area (TPSA) is 69.6 Å². The van der Waals surface area contributed by atoms with Crippen LogP contribution in [0.25, 0.3) is 0 Å². The van der Waals surface area contributed by atoms with Crippen molar-refractivity contribution in [3.63, 3.8) is 0 Å². The van der Waals surface area contributed by atoms with Crippen molar-refractivity contribution in [2.75, 3.05) is 13.1 Å². The van der Waals surface area contributed by atoms with E-state index in [1.165, 1.54) is 0 Å². The minimum atomic E-state index is -0.884. The second-order valence-corrected chi connectivity index (χ2v) is 4.71. The summed E-state index contributed by atoms with van der Waals surface area (Å²) in [5, 5.41) is 11.7. The Kier molecular flexibility index (Phi) is 5.85. The van der Waals surface area contributed by atoms with E-state index in [4.69, 9.17) is 5.11 Å². The molecule has 0 bridgehead atoms. The van der Waals surface area contributed by atoms with Crippen molar-refractivity contribution < 1.29 is 14.7 Å². The lowest BCUT2D eigenvalue weighted by Gasteiger charge is -2.32. The molecule has 5 heteroatoms. The maximum absolute atomic E-state index is 11.9. The number of carboxylic acid groups (broad SMARTS) is 1. The first kappa shape index (κ1) is 14.7. The van der Waals surface area contributed by atoms with Crippen LogP contribution >= 0.6 is 0 Å². The molecule has 0 saturated heterocycles. The number of carboxylic acids is 1. The SMILES string of the molecule is C=CCNC(=O)C(C)N(CC(=O)O)C1CCCC1. The molecule has 0 aromatic carbocycles. The van der Waals surface area contributed by atoms with Gasteiger partial charge in [-0.1, -0.05) is 18.9 Å². The van der Waals surface area contributed by atoms with Gasteiger partial charge < -0.3 is 10.4 Å². The van der Waals surface area contributed by atoms with Crippen molar-refractivity contribution >= 4 is 11.9 Å². The van der Waals surface area contributed by atoms with Gasteiger partial charge in [-0.25, -0.2) is 0 Å². The molecule has 0 heterocycles. The van der Waals surface area contributed by atoms with Gasteiger partial charge in [0.05, 0.1) is 12.6 Å². The third-order valence-corrected chi connectivity index (χ3v) is 3.41. The van der Waals surface area contributed by atoms with Gasteiger partial charge in [-0.3, -0.25) is 14.5 Å². The standard InChI is InChI=1S/C13H22N2O3/c1-3-8-14-13(18)10(2)15(9-12(16)17)11-6-4-5-7-11/h3,10-11H,1,4-9H2,2H3,(H,14,18)(H,16,17). The van der Waals surface area contributed by atoms with Crippen LogP contribution < -0.4 is 5.32 Å². The average molecular weight is 254 g/mol. The zero-order valence-electron chi connectivity index (χ0n) is 10.9. The molecule has 18 heavy (non-hydrogen) atoms. The molecule has 1 rings (SSSR count). The second-order valence-electron chi connectivity index (χ2n) is 4.71. The molecule has 1 unspecified atom stereocenters. The van der Waals surface area contributed by atoms with Crippen LogP contribution in [0.5, 0.6) is 0 Å². The van der Waals surface area contributed by atoms with Crippen molar-refractivity contribution in [2.24, 2.45) is 0 Å². The van der Waals surface area contributed by atoms with Crippen LogP contribution in [-0.2, 0) is 9.59 Å². The minimum absolute atomic E-state index is 0.0760. The third kappa shape index (κ3) is 4.14. The Labute approximate surface area is 108 Å². The van der Waals surface area contributed by atoms with Gasteiger partial charge in [-0.15, -0.1) is 6.58 Å². The normalized spacial score (nSPS) is 17.7. The molecule has 1 aliphatic carbocycles. The van der Waals surface area contributed by atoms with Crippen LogP contribution in [-0.4, -0.2) is 47.1 Å². The summed E-state index contributed by atoms with van der Waals surface area (Å²) < 4.78 is 0. The van der Waals surface area contributed by atoms with Crippen molar-refractivity contribution in [1.82, 2.24) is 10.2 Å². The van der Waals surface area contributed by atoms with Gasteiger partial charge in [-0.2, -0.15) is 0 Å². The number of rotatable bonds is 7. The molecular weight excluding hydrogens is 232 g/mol. The van der Waals surface area contributed by atoms with E-state index in [1.54, 1.807) is 17.9 Å². The summed E-state index contributed by atoms with van der Waals surface area (Å²) in [6, 6.07) is -0.199. The highest BCUT2D eigenvalue weighted by Gasteiger charge is 2.31. The number of hydrogen-bond acceptors (Lipinski definition) is 3. The van der Waals surface area contributed by atoms with E-state index in [0.717, 1.165) is 25.7 Å². The lowest BCUT2D eigenvalue weighted by molar-refractivity contribution is -0.140. The molecule has 0 aromatic heterocycles. The molecule has 1 fully saturated rings. The highest BCUT2D eigenvalue weighted by molar-refractivity contribution is 5.82. The largest absolute Gasteiger partial charge is 0.480 e. The molecule has 2 N–H and O–H groups in total. The minimum Gasteiger partial charge on any atom is -0.480 e. The van der Waals surface area contributed by atoms with Gasteiger partial charge in [0.2, 0.25) is 5.91 Å². The number of hydrogen-bond donors (Lipinski definition) is 2. The number of amides is 1. The van der Waals surface area contributed by atoms with E-state index in [1.807, 2.05) is 0 Å². The van der Waals surface area contributed by atoms with E-state index >= 15 is 0 Å². The fourth-order valence-corrected chi connectivity index (χ4v) is 2.45. The molecule has 0 spiro atoms. The predicted molar refractivity (Wildman–Crippen MR) is 69.3 cm³/mol. The van der Waals surface area contributed by atoms with Crippen molar-refractivity contribution in [1.29, 1.82) is 0 Å². The fourth-order valence-electron chi connectivity index (χ4n) is 2.45. The Morgan fingerprint density at radius 2 is 2.11 bits per heavy atom. The molecule has 102 valence electrons. The van der Waals surface area contributed by atoms with Crippen molar-refractivity contribution in [3.05, 3.63) is 12.7 Å². The highest BCUT2D eigenvalue weighted by atomic mass is 16.4. The van der Waals surface area contributed by atoms with E-state index < -0.39 is 12.0 Å². The Morgan fingerprint density at radius 1 is 1.50 bits per heavy atom. The first-order chi connectivity index (χ1) is 8.56. The quantitative estimate of drug-likeness (QED) is 0.665. The summed E-state index contributed by atoms with van der Waals surface area (Å²) in [4.78, 5) is 24.6. The zero-order chi connectivity index (χ0) is 13.5. The number of nitrogens with zero attached hydrogens (tertiary/aromatic N) is 1. The molecule has 1 atom stereocenters. The van der Waals surface area contributed by atoms with Crippen LogP contribution in [0.2, 0.25) is 0 Å². The van der Waals surface area contributed by atoms with Crippen molar-refractivity contribution in [3.8, 4) is 0 Å². The monoisotopic (exact) mass is 254 g/mol. The number of aliphatic carboxylic acids is 1. The number of carbonyl (C=O) groups excluding carboxylic acids is 1. The van der Waals surface area contributed by atoms with Gasteiger partial charge in [0.15, 0.2) is 0 Å².